The zero-order valence-corrected chi connectivity index (χ0v) is 11.6. The molecule has 0 unspecified atom stereocenters. The average Bonchev–Trinajstić information content (AvgIpc) is 2.24. The highest BCUT2D eigenvalue weighted by Crippen LogP contribution is 2.21. The monoisotopic (exact) mass is 227 g/mol. The molecule has 0 bridgehead atoms. The largest absolute Gasteiger partial charge is 0.378 e. The van der Waals surface area contributed by atoms with E-state index in [2.05, 4.69) is 32.6 Å². The molecule has 0 aromatic heterocycles. The van der Waals surface area contributed by atoms with Crippen LogP contribution in [-0.2, 0) is 4.74 Å². The van der Waals surface area contributed by atoms with Crippen molar-refractivity contribution >= 4 is 0 Å². The molecular weight excluding hydrogens is 198 g/mol. The SMILES string of the molecule is CCCOC1CCN(CCC(C)(C)C)CC1. The van der Waals surface area contributed by atoms with E-state index in [1.54, 1.807) is 0 Å². The van der Waals surface area contributed by atoms with Crippen LogP contribution in [-0.4, -0.2) is 37.2 Å². The van der Waals surface area contributed by atoms with Gasteiger partial charge in [0.15, 0.2) is 0 Å². The van der Waals surface area contributed by atoms with E-state index in [0.29, 0.717) is 11.5 Å². The van der Waals surface area contributed by atoms with Gasteiger partial charge in [0.25, 0.3) is 0 Å². The molecule has 0 aromatic carbocycles. The summed E-state index contributed by atoms with van der Waals surface area (Å²) in [5.74, 6) is 0. The van der Waals surface area contributed by atoms with Crippen molar-refractivity contribution < 1.29 is 4.74 Å². The van der Waals surface area contributed by atoms with Gasteiger partial charge < -0.3 is 9.64 Å². The summed E-state index contributed by atoms with van der Waals surface area (Å²) < 4.78 is 5.80. The molecule has 1 fully saturated rings. The third-order valence-electron chi connectivity index (χ3n) is 3.27. The summed E-state index contributed by atoms with van der Waals surface area (Å²) in [6, 6.07) is 0. The first kappa shape index (κ1) is 14.0. The number of hydrogen-bond donors (Lipinski definition) is 0. The molecule has 0 aromatic rings. The first-order chi connectivity index (χ1) is 7.51. The van der Waals surface area contributed by atoms with Crippen molar-refractivity contribution in [2.24, 2.45) is 5.41 Å². The van der Waals surface area contributed by atoms with Crippen molar-refractivity contribution in [3.63, 3.8) is 0 Å². The highest BCUT2D eigenvalue weighted by Gasteiger charge is 2.20. The smallest absolute Gasteiger partial charge is 0.0599 e. The summed E-state index contributed by atoms with van der Waals surface area (Å²) >= 11 is 0. The minimum absolute atomic E-state index is 0.468. The molecule has 0 amide bonds. The number of nitrogens with zero attached hydrogens (tertiary/aromatic N) is 1. The van der Waals surface area contributed by atoms with E-state index < -0.39 is 0 Å². The van der Waals surface area contributed by atoms with Crippen molar-refractivity contribution in [3.05, 3.63) is 0 Å². The second-order valence-electron chi connectivity index (χ2n) is 6.22. The minimum Gasteiger partial charge on any atom is -0.378 e. The molecule has 0 aliphatic carbocycles. The number of likely N-dealkylation sites (tertiary alicyclic amines) is 1. The Balaban J connectivity index is 2.12. The van der Waals surface area contributed by atoms with Crippen LogP contribution in [0.5, 0.6) is 0 Å². The zero-order chi connectivity index (χ0) is 12.0. The maximum atomic E-state index is 5.80. The van der Waals surface area contributed by atoms with Gasteiger partial charge in [-0.15, -0.1) is 0 Å². The van der Waals surface area contributed by atoms with Gasteiger partial charge in [0.2, 0.25) is 0 Å². The van der Waals surface area contributed by atoms with E-state index in [4.69, 9.17) is 4.74 Å². The predicted molar refractivity (Wildman–Crippen MR) is 69.8 cm³/mol. The highest BCUT2D eigenvalue weighted by molar-refractivity contribution is 4.74. The van der Waals surface area contributed by atoms with Crippen molar-refractivity contribution in [1.82, 2.24) is 4.90 Å². The van der Waals surface area contributed by atoms with E-state index in [1.807, 2.05) is 0 Å². The van der Waals surface area contributed by atoms with E-state index in [0.717, 1.165) is 13.0 Å². The Morgan fingerprint density at radius 1 is 1.19 bits per heavy atom. The Hall–Kier alpha value is -0.0800. The van der Waals surface area contributed by atoms with Crippen LogP contribution in [0.2, 0.25) is 0 Å². The van der Waals surface area contributed by atoms with Gasteiger partial charge in [-0.3, -0.25) is 0 Å². The molecule has 2 nitrogen and oxygen atoms in total. The molecule has 1 heterocycles. The number of ether oxygens (including phenoxy) is 1. The van der Waals surface area contributed by atoms with Crippen LogP contribution in [0, 0.1) is 5.41 Å². The first-order valence-electron chi connectivity index (χ1n) is 6.85. The number of piperidine rings is 1. The molecule has 1 saturated heterocycles. The van der Waals surface area contributed by atoms with Crippen LogP contribution in [0.3, 0.4) is 0 Å². The zero-order valence-electron chi connectivity index (χ0n) is 11.6. The second-order valence-corrected chi connectivity index (χ2v) is 6.22. The van der Waals surface area contributed by atoms with Crippen LogP contribution in [0.15, 0.2) is 0 Å². The molecular formula is C14H29NO. The van der Waals surface area contributed by atoms with Gasteiger partial charge in [-0.25, -0.2) is 0 Å². The van der Waals surface area contributed by atoms with E-state index in [1.165, 1.54) is 38.9 Å². The molecule has 96 valence electrons. The topological polar surface area (TPSA) is 12.5 Å². The van der Waals surface area contributed by atoms with Crippen LogP contribution in [0.1, 0.15) is 53.4 Å². The van der Waals surface area contributed by atoms with Gasteiger partial charge in [0.05, 0.1) is 6.10 Å². The Morgan fingerprint density at radius 3 is 2.31 bits per heavy atom. The van der Waals surface area contributed by atoms with Crippen LogP contribution in [0.4, 0.5) is 0 Å². The maximum absolute atomic E-state index is 5.80. The summed E-state index contributed by atoms with van der Waals surface area (Å²) in [5, 5.41) is 0. The molecule has 1 aliphatic rings. The maximum Gasteiger partial charge on any atom is 0.0599 e. The molecule has 0 radical (unpaired) electrons. The first-order valence-corrected chi connectivity index (χ1v) is 6.85. The fourth-order valence-electron chi connectivity index (χ4n) is 2.08. The predicted octanol–water partition coefficient (Wildman–Crippen LogP) is 3.31. The molecule has 1 rings (SSSR count). The van der Waals surface area contributed by atoms with Crippen molar-refractivity contribution in [1.29, 1.82) is 0 Å². The molecule has 0 saturated carbocycles. The summed E-state index contributed by atoms with van der Waals surface area (Å²) in [7, 11) is 0. The molecule has 16 heavy (non-hydrogen) atoms. The van der Waals surface area contributed by atoms with E-state index in [-0.39, 0.29) is 0 Å². The molecule has 2 heteroatoms. The summed E-state index contributed by atoms with van der Waals surface area (Å²) in [5.41, 5.74) is 0.468. The van der Waals surface area contributed by atoms with Gasteiger partial charge in [-0.05, 0) is 37.6 Å². The van der Waals surface area contributed by atoms with Gasteiger partial charge in [-0.2, -0.15) is 0 Å². The van der Waals surface area contributed by atoms with Crippen molar-refractivity contribution in [3.8, 4) is 0 Å². The average molecular weight is 227 g/mol. The van der Waals surface area contributed by atoms with Crippen molar-refractivity contribution in [2.75, 3.05) is 26.2 Å². The van der Waals surface area contributed by atoms with Crippen LogP contribution >= 0.6 is 0 Å². The van der Waals surface area contributed by atoms with Gasteiger partial charge in [0.1, 0.15) is 0 Å². The Bertz CT molecular complexity index is 178. The Labute approximate surface area is 101 Å². The second kappa shape index (κ2) is 6.61. The van der Waals surface area contributed by atoms with E-state index >= 15 is 0 Å². The van der Waals surface area contributed by atoms with Gasteiger partial charge >= 0.3 is 0 Å². The minimum atomic E-state index is 0.468. The lowest BCUT2D eigenvalue weighted by Crippen LogP contribution is -2.38. The lowest BCUT2D eigenvalue weighted by molar-refractivity contribution is 0.00625. The summed E-state index contributed by atoms with van der Waals surface area (Å²) in [4.78, 5) is 2.59. The van der Waals surface area contributed by atoms with Crippen LogP contribution in [0.25, 0.3) is 0 Å². The standard InChI is InChI=1S/C14H29NO/c1-5-12-16-13-6-9-15(10-7-13)11-8-14(2,3)4/h13H,5-12H2,1-4H3. The third kappa shape index (κ3) is 5.86. The molecule has 1 aliphatic heterocycles. The fraction of sp³-hybridized carbons (Fsp3) is 1.00. The molecule has 0 spiro atoms. The highest BCUT2D eigenvalue weighted by atomic mass is 16.5. The van der Waals surface area contributed by atoms with Crippen molar-refractivity contribution in [2.45, 2.75) is 59.5 Å². The van der Waals surface area contributed by atoms with Crippen LogP contribution < -0.4 is 0 Å². The van der Waals surface area contributed by atoms with Gasteiger partial charge in [-0.1, -0.05) is 27.7 Å². The molecule has 0 N–H and O–H groups in total. The summed E-state index contributed by atoms with van der Waals surface area (Å²) in [6.45, 7) is 13.8. The lowest BCUT2D eigenvalue weighted by Gasteiger charge is -2.33. The number of rotatable bonds is 5. The third-order valence-corrected chi connectivity index (χ3v) is 3.27. The summed E-state index contributed by atoms with van der Waals surface area (Å²) in [6.07, 6.45) is 5.43. The normalized spacial score (nSPS) is 20.2. The van der Waals surface area contributed by atoms with Gasteiger partial charge in [0, 0.05) is 19.7 Å². The number of hydrogen-bond acceptors (Lipinski definition) is 2. The van der Waals surface area contributed by atoms with E-state index in [9.17, 15) is 0 Å². The Kier molecular flexibility index (Phi) is 5.77. The fourth-order valence-corrected chi connectivity index (χ4v) is 2.08. The Morgan fingerprint density at radius 2 is 1.81 bits per heavy atom. The quantitative estimate of drug-likeness (QED) is 0.714. The lowest BCUT2D eigenvalue weighted by atomic mass is 9.91. The molecule has 0 atom stereocenters.